The van der Waals surface area contributed by atoms with Gasteiger partial charge in [-0.1, -0.05) is 12.8 Å². The average Bonchev–Trinajstić information content (AvgIpc) is 3.54. The van der Waals surface area contributed by atoms with Gasteiger partial charge in [-0.2, -0.15) is 0 Å². The van der Waals surface area contributed by atoms with E-state index in [2.05, 4.69) is 6.07 Å². The summed E-state index contributed by atoms with van der Waals surface area (Å²) in [6, 6.07) is 6.06. The lowest BCUT2D eigenvalue weighted by atomic mass is 10.0. The maximum absolute atomic E-state index is 13.4. The molecule has 1 saturated heterocycles. The molecule has 0 unspecified atom stereocenters. The Labute approximate surface area is 189 Å². The van der Waals surface area contributed by atoms with Crippen LogP contribution in [0.3, 0.4) is 0 Å². The molecule has 2 aromatic rings. The van der Waals surface area contributed by atoms with E-state index in [1.54, 1.807) is 0 Å². The molecule has 5 rings (SSSR count). The number of fused-ring (bicyclic) bond motifs is 2. The van der Waals surface area contributed by atoms with Gasteiger partial charge >= 0.3 is 0 Å². The van der Waals surface area contributed by atoms with E-state index in [-0.39, 0.29) is 18.8 Å². The van der Waals surface area contributed by atoms with E-state index in [0.717, 1.165) is 53.2 Å². The van der Waals surface area contributed by atoms with E-state index in [9.17, 15) is 4.79 Å². The van der Waals surface area contributed by atoms with Crippen molar-refractivity contribution in [1.82, 2.24) is 9.88 Å². The molecule has 0 spiro atoms. The van der Waals surface area contributed by atoms with E-state index < -0.39 is 0 Å². The first kappa shape index (κ1) is 21.3. The molecule has 32 heavy (non-hydrogen) atoms. The minimum Gasteiger partial charge on any atom is -0.454 e. The van der Waals surface area contributed by atoms with Crippen molar-refractivity contribution in [2.75, 3.05) is 38.9 Å². The molecule has 2 aliphatic heterocycles. The normalized spacial score (nSPS) is 20.2. The largest absolute Gasteiger partial charge is 0.454 e. The van der Waals surface area contributed by atoms with Gasteiger partial charge in [0.1, 0.15) is 5.82 Å². The van der Waals surface area contributed by atoms with Crippen LogP contribution in [0.5, 0.6) is 11.5 Å². The number of ether oxygens (including phenoxy) is 3. The van der Waals surface area contributed by atoms with Crippen molar-refractivity contribution < 1.29 is 19.0 Å². The highest BCUT2D eigenvalue weighted by molar-refractivity contribution is 5.86. The molecular formula is C25H33N3O4. The van der Waals surface area contributed by atoms with Crippen molar-refractivity contribution in [3.8, 4) is 11.5 Å². The molecule has 7 nitrogen and oxygen atoms in total. The van der Waals surface area contributed by atoms with Crippen molar-refractivity contribution in [2.24, 2.45) is 5.92 Å². The number of hydrogen-bond donors (Lipinski definition) is 0. The summed E-state index contributed by atoms with van der Waals surface area (Å²) < 4.78 is 17.0. The third-order valence-electron chi connectivity index (χ3n) is 6.89. The number of carbonyl (C=O) groups is 1. The Balaban J connectivity index is 1.44. The molecule has 2 fully saturated rings. The van der Waals surface area contributed by atoms with Gasteiger partial charge in [-0.25, -0.2) is 4.98 Å². The van der Waals surface area contributed by atoms with Crippen LogP contribution in [0.4, 0.5) is 5.82 Å². The number of pyridine rings is 1. The quantitative estimate of drug-likeness (QED) is 0.647. The van der Waals surface area contributed by atoms with E-state index in [1.807, 2.05) is 36.0 Å². The van der Waals surface area contributed by atoms with Crippen LogP contribution in [0.25, 0.3) is 10.9 Å². The molecule has 1 aliphatic carbocycles. The van der Waals surface area contributed by atoms with Crippen molar-refractivity contribution in [3.63, 3.8) is 0 Å². The van der Waals surface area contributed by atoms with E-state index in [0.29, 0.717) is 25.4 Å². The number of benzene rings is 1. The third-order valence-corrected chi connectivity index (χ3v) is 6.89. The number of hydrogen-bond acceptors (Lipinski definition) is 6. The van der Waals surface area contributed by atoms with Gasteiger partial charge in [-0.3, -0.25) is 4.79 Å². The maximum Gasteiger partial charge on any atom is 0.231 e. The maximum atomic E-state index is 13.4. The fourth-order valence-corrected chi connectivity index (χ4v) is 5.19. The molecule has 7 heteroatoms. The van der Waals surface area contributed by atoms with Crippen molar-refractivity contribution >= 4 is 22.6 Å². The van der Waals surface area contributed by atoms with Crippen molar-refractivity contribution in [1.29, 1.82) is 0 Å². The van der Waals surface area contributed by atoms with Crippen LogP contribution in [0.1, 0.15) is 50.5 Å². The Morgan fingerprint density at radius 2 is 1.84 bits per heavy atom. The van der Waals surface area contributed by atoms with Crippen LogP contribution in [-0.4, -0.2) is 55.9 Å². The topological polar surface area (TPSA) is 64.1 Å². The van der Waals surface area contributed by atoms with Crippen LogP contribution in [0.2, 0.25) is 0 Å². The Bertz CT molecular complexity index is 981. The summed E-state index contributed by atoms with van der Waals surface area (Å²) in [6.45, 7) is 2.22. The third kappa shape index (κ3) is 4.49. The molecule has 0 N–H and O–H groups in total. The molecule has 0 bridgehead atoms. The van der Waals surface area contributed by atoms with Crippen LogP contribution >= 0.6 is 0 Å². The van der Waals surface area contributed by atoms with Crippen molar-refractivity contribution in [2.45, 2.75) is 57.6 Å². The van der Waals surface area contributed by atoms with Crippen LogP contribution < -0.4 is 14.4 Å². The fourth-order valence-electron chi connectivity index (χ4n) is 5.19. The summed E-state index contributed by atoms with van der Waals surface area (Å²) in [7, 11) is 3.99. The number of nitrogens with zero attached hydrogens (tertiary/aromatic N) is 3. The Morgan fingerprint density at radius 1 is 1.06 bits per heavy atom. The zero-order chi connectivity index (χ0) is 22.1. The Kier molecular flexibility index (Phi) is 6.09. The summed E-state index contributed by atoms with van der Waals surface area (Å²) in [5.74, 6) is 3.12. The molecule has 3 aliphatic rings. The van der Waals surface area contributed by atoms with E-state index >= 15 is 0 Å². The molecular weight excluding hydrogens is 406 g/mol. The van der Waals surface area contributed by atoms with Gasteiger partial charge in [-0.15, -0.1) is 0 Å². The van der Waals surface area contributed by atoms with Gasteiger partial charge in [-0.05, 0) is 43.7 Å². The van der Waals surface area contributed by atoms with E-state index in [4.69, 9.17) is 19.2 Å². The highest BCUT2D eigenvalue weighted by Gasteiger charge is 2.27. The number of rotatable bonds is 7. The lowest BCUT2D eigenvalue weighted by Gasteiger charge is -2.28. The minimum atomic E-state index is 0.132. The monoisotopic (exact) mass is 439 g/mol. The predicted octanol–water partition coefficient (Wildman–Crippen LogP) is 4.12. The SMILES string of the molecule is CN(C)c1nc2cc3c(cc2cc1CN(C[C@@H]1CCCO1)C(=O)CC1CCCC1)OCO3. The minimum absolute atomic E-state index is 0.132. The number of carbonyl (C=O) groups excluding carboxylic acids is 1. The van der Waals surface area contributed by atoms with E-state index in [1.165, 1.54) is 25.7 Å². The van der Waals surface area contributed by atoms with Crippen LogP contribution in [0.15, 0.2) is 18.2 Å². The molecule has 1 aromatic heterocycles. The number of amides is 1. The lowest BCUT2D eigenvalue weighted by Crippen LogP contribution is -2.38. The fraction of sp³-hybridized carbons (Fsp3) is 0.600. The zero-order valence-corrected chi connectivity index (χ0v) is 19.1. The highest BCUT2D eigenvalue weighted by atomic mass is 16.7. The summed E-state index contributed by atoms with van der Waals surface area (Å²) in [5.41, 5.74) is 1.91. The smallest absolute Gasteiger partial charge is 0.231 e. The van der Waals surface area contributed by atoms with Crippen LogP contribution in [0, 0.1) is 5.92 Å². The summed E-state index contributed by atoms with van der Waals surface area (Å²) >= 11 is 0. The molecule has 1 amide bonds. The first-order valence-electron chi connectivity index (χ1n) is 11.9. The lowest BCUT2D eigenvalue weighted by molar-refractivity contribution is -0.134. The predicted molar refractivity (Wildman–Crippen MR) is 123 cm³/mol. The molecule has 1 atom stereocenters. The standard InChI is InChI=1S/C25H33N3O4/c1-27(2)25-19(11-18-12-22-23(32-16-31-22)13-21(18)26-25)14-28(15-20-8-5-9-30-20)24(29)10-17-6-3-4-7-17/h11-13,17,20H,3-10,14-16H2,1-2H3/t20-/m0/s1. The summed E-state index contributed by atoms with van der Waals surface area (Å²) in [4.78, 5) is 22.3. The van der Waals surface area contributed by atoms with Gasteiger partial charge in [0.05, 0.1) is 11.6 Å². The Morgan fingerprint density at radius 3 is 2.56 bits per heavy atom. The van der Waals surface area contributed by atoms with Gasteiger partial charge in [0, 0.05) is 57.2 Å². The Hall–Kier alpha value is -2.54. The van der Waals surface area contributed by atoms with Crippen molar-refractivity contribution in [3.05, 3.63) is 23.8 Å². The first-order chi connectivity index (χ1) is 15.6. The van der Waals surface area contributed by atoms with Gasteiger partial charge in [0.25, 0.3) is 0 Å². The molecule has 0 radical (unpaired) electrons. The number of anilines is 1. The number of aromatic nitrogens is 1. The summed E-state index contributed by atoms with van der Waals surface area (Å²) in [6.07, 6.45) is 7.71. The molecule has 3 heterocycles. The van der Waals surface area contributed by atoms with Gasteiger partial charge in [0.15, 0.2) is 11.5 Å². The highest BCUT2D eigenvalue weighted by Crippen LogP contribution is 2.37. The molecule has 1 saturated carbocycles. The second-order valence-corrected chi connectivity index (χ2v) is 9.53. The second-order valence-electron chi connectivity index (χ2n) is 9.53. The summed E-state index contributed by atoms with van der Waals surface area (Å²) in [5, 5.41) is 0.996. The van der Waals surface area contributed by atoms with Gasteiger partial charge in [0.2, 0.25) is 12.7 Å². The molecule has 1 aromatic carbocycles. The average molecular weight is 440 g/mol. The molecule has 172 valence electrons. The first-order valence-corrected chi connectivity index (χ1v) is 11.9. The van der Waals surface area contributed by atoms with Gasteiger partial charge < -0.3 is 24.0 Å². The second kappa shape index (κ2) is 9.14. The van der Waals surface area contributed by atoms with Crippen LogP contribution in [-0.2, 0) is 16.1 Å². The zero-order valence-electron chi connectivity index (χ0n) is 19.1.